The van der Waals surface area contributed by atoms with Gasteiger partial charge in [0.1, 0.15) is 0 Å². The van der Waals surface area contributed by atoms with Gasteiger partial charge in [-0.25, -0.2) is 14.8 Å². The van der Waals surface area contributed by atoms with Crippen molar-refractivity contribution in [2.24, 2.45) is 5.92 Å². The van der Waals surface area contributed by atoms with E-state index in [4.69, 9.17) is 5.11 Å². The van der Waals surface area contributed by atoms with Crippen LogP contribution in [0, 0.1) is 5.92 Å². The fourth-order valence-corrected chi connectivity index (χ4v) is 2.12. The molecule has 1 atom stereocenters. The Bertz CT molecular complexity index is 442. The number of carbonyl (C=O) groups is 1. The van der Waals surface area contributed by atoms with Crippen LogP contribution < -0.4 is 4.90 Å². The predicted octanol–water partition coefficient (Wildman–Crippen LogP) is 1.81. The van der Waals surface area contributed by atoms with Crippen LogP contribution in [0.3, 0.4) is 0 Å². The summed E-state index contributed by atoms with van der Waals surface area (Å²) in [6.45, 7) is 4.22. The Morgan fingerprint density at radius 3 is 2.83 bits per heavy atom. The summed E-state index contributed by atoms with van der Waals surface area (Å²) in [6, 6.07) is 0. The maximum Gasteiger partial charge on any atom is 0.328 e. The zero-order valence-electron chi connectivity index (χ0n) is 10.4. The van der Waals surface area contributed by atoms with Gasteiger partial charge in [0, 0.05) is 37.1 Å². The van der Waals surface area contributed by atoms with Crippen molar-refractivity contribution >= 4 is 18.0 Å². The standard InChI is InChI=1S/C13H17N3O2/c1-10-3-2-6-16(9-10)13-14-7-11(8-15-13)4-5-12(17)18/h4-5,7-8,10H,2-3,6,9H2,1H3,(H,17,18)/b5-4+. The fourth-order valence-electron chi connectivity index (χ4n) is 2.12. The normalized spacial score (nSPS) is 20.3. The van der Waals surface area contributed by atoms with Crippen molar-refractivity contribution in [3.8, 4) is 0 Å². The van der Waals surface area contributed by atoms with Crippen molar-refractivity contribution in [3.05, 3.63) is 24.0 Å². The van der Waals surface area contributed by atoms with E-state index in [9.17, 15) is 4.79 Å². The Morgan fingerprint density at radius 1 is 1.50 bits per heavy atom. The molecule has 1 aromatic heterocycles. The van der Waals surface area contributed by atoms with E-state index in [0.717, 1.165) is 25.1 Å². The van der Waals surface area contributed by atoms with E-state index in [1.54, 1.807) is 12.4 Å². The highest BCUT2D eigenvalue weighted by Crippen LogP contribution is 2.19. The molecule has 0 saturated carbocycles. The van der Waals surface area contributed by atoms with E-state index in [1.165, 1.54) is 18.9 Å². The summed E-state index contributed by atoms with van der Waals surface area (Å²) in [7, 11) is 0. The molecule has 0 radical (unpaired) electrons. The molecular weight excluding hydrogens is 230 g/mol. The second-order valence-corrected chi connectivity index (χ2v) is 4.68. The van der Waals surface area contributed by atoms with Crippen LogP contribution in [-0.4, -0.2) is 34.1 Å². The van der Waals surface area contributed by atoms with Gasteiger partial charge >= 0.3 is 5.97 Å². The van der Waals surface area contributed by atoms with Crippen LogP contribution >= 0.6 is 0 Å². The van der Waals surface area contributed by atoms with Gasteiger partial charge in [-0.05, 0) is 24.8 Å². The number of rotatable bonds is 3. The molecule has 5 heteroatoms. The fraction of sp³-hybridized carbons (Fsp3) is 0.462. The van der Waals surface area contributed by atoms with Gasteiger partial charge in [0.25, 0.3) is 0 Å². The number of carboxylic acid groups (broad SMARTS) is 1. The molecule has 2 heterocycles. The number of carboxylic acids is 1. The second kappa shape index (κ2) is 5.62. The molecule has 0 bridgehead atoms. The first-order valence-corrected chi connectivity index (χ1v) is 6.13. The predicted molar refractivity (Wildman–Crippen MR) is 69.3 cm³/mol. The number of anilines is 1. The second-order valence-electron chi connectivity index (χ2n) is 4.68. The maximum absolute atomic E-state index is 10.4. The summed E-state index contributed by atoms with van der Waals surface area (Å²) in [5.74, 6) is 0.437. The topological polar surface area (TPSA) is 66.3 Å². The molecular formula is C13H17N3O2. The molecule has 0 spiro atoms. The molecule has 1 N–H and O–H groups in total. The lowest BCUT2D eigenvalue weighted by molar-refractivity contribution is -0.131. The number of hydrogen-bond acceptors (Lipinski definition) is 4. The smallest absolute Gasteiger partial charge is 0.328 e. The minimum absolute atomic E-state index is 0.675. The third-order valence-electron chi connectivity index (χ3n) is 3.02. The summed E-state index contributed by atoms with van der Waals surface area (Å²) in [5.41, 5.74) is 0.700. The average molecular weight is 247 g/mol. The highest BCUT2D eigenvalue weighted by molar-refractivity contribution is 5.85. The lowest BCUT2D eigenvalue weighted by atomic mass is 10.0. The van der Waals surface area contributed by atoms with Gasteiger partial charge < -0.3 is 10.0 Å². The maximum atomic E-state index is 10.4. The van der Waals surface area contributed by atoms with Crippen LogP contribution in [0.1, 0.15) is 25.3 Å². The molecule has 1 unspecified atom stereocenters. The average Bonchev–Trinajstić information content (AvgIpc) is 2.37. The first-order valence-electron chi connectivity index (χ1n) is 6.13. The van der Waals surface area contributed by atoms with Crippen molar-refractivity contribution in [3.63, 3.8) is 0 Å². The van der Waals surface area contributed by atoms with Gasteiger partial charge in [0.05, 0.1) is 0 Å². The Kier molecular flexibility index (Phi) is 3.92. The zero-order chi connectivity index (χ0) is 13.0. The Labute approximate surface area is 106 Å². The van der Waals surface area contributed by atoms with Gasteiger partial charge in [0.15, 0.2) is 0 Å². The molecule has 96 valence electrons. The summed E-state index contributed by atoms with van der Waals surface area (Å²) in [6.07, 6.45) is 8.31. The Balaban J connectivity index is 2.05. The van der Waals surface area contributed by atoms with E-state index in [2.05, 4.69) is 21.8 Å². The van der Waals surface area contributed by atoms with Crippen LogP contribution in [0.2, 0.25) is 0 Å². The molecule has 1 fully saturated rings. The number of piperidine rings is 1. The number of nitrogens with zero attached hydrogens (tertiary/aromatic N) is 3. The van der Waals surface area contributed by atoms with Crippen molar-refractivity contribution in [2.75, 3.05) is 18.0 Å². The van der Waals surface area contributed by atoms with Crippen LogP contribution in [0.15, 0.2) is 18.5 Å². The lowest BCUT2D eigenvalue weighted by Gasteiger charge is -2.30. The van der Waals surface area contributed by atoms with Crippen molar-refractivity contribution in [1.82, 2.24) is 9.97 Å². The molecule has 1 saturated heterocycles. The zero-order valence-corrected chi connectivity index (χ0v) is 10.4. The molecule has 1 aliphatic rings. The Morgan fingerprint density at radius 2 is 2.22 bits per heavy atom. The first kappa shape index (κ1) is 12.5. The largest absolute Gasteiger partial charge is 0.478 e. The molecule has 0 aromatic carbocycles. The molecule has 2 rings (SSSR count). The highest BCUT2D eigenvalue weighted by Gasteiger charge is 2.18. The third kappa shape index (κ3) is 3.29. The van der Waals surface area contributed by atoms with Crippen molar-refractivity contribution < 1.29 is 9.90 Å². The summed E-state index contributed by atoms with van der Waals surface area (Å²) in [4.78, 5) is 21.1. The van der Waals surface area contributed by atoms with Gasteiger partial charge in [-0.3, -0.25) is 0 Å². The van der Waals surface area contributed by atoms with Gasteiger partial charge in [-0.2, -0.15) is 0 Å². The van der Waals surface area contributed by atoms with Crippen molar-refractivity contribution in [1.29, 1.82) is 0 Å². The van der Waals surface area contributed by atoms with E-state index < -0.39 is 5.97 Å². The minimum atomic E-state index is -0.969. The molecule has 18 heavy (non-hydrogen) atoms. The van der Waals surface area contributed by atoms with E-state index in [1.807, 2.05) is 0 Å². The van der Waals surface area contributed by atoms with Crippen molar-refractivity contribution in [2.45, 2.75) is 19.8 Å². The molecule has 1 aliphatic heterocycles. The Hall–Kier alpha value is -1.91. The molecule has 1 aromatic rings. The molecule has 5 nitrogen and oxygen atoms in total. The van der Waals surface area contributed by atoms with Gasteiger partial charge in [-0.1, -0.05) is 6.92 Å². The number of aromatic nitrogens is 2. The highest BCUT2D eigenvalue weighted by atomic mass is 16.4. The third-order valence-corrected chi connectivity index (χ3v) is 3.02. The lowest BCUT2D eigenvalue weighted by Crippen LogP contribution is -2.35. The minimum Gasteiger partial charge on any atom is -0.478 e. The monoisotopic (exact) mass is 247 g/mol. The quantitative estimate of drug-likeness (QED) is 0.825. The SMILES string of the molecule is CC1CCCN(c2ncc(/C=C/C(=O)O)cn2)C1. The summed E-state index contributed by atoms with van der Waals surface area (Å²) in [5, 5.41) is 8.53. The number of hydrogen-bond donors (Lipinski definition) is 1. The molecule has 0 aliphatic carbocycles. The van der Waals surface area contributed by atoms with E-state index in [-0.39, 0.29) is 0 Å². The summed E-state index contributed by atoms with van der Waals surface area (Å²) < 4.78 is 0. The van der Waals surface area contributed by atoms with Gasteiger partial charge in [-0.15, -0.1) is 0 Å². The van der Waals surface area contributed by atoms with Crippen LogP contribution in [-0.2, 0) is 4.79 Å². The van der Waals surface area contributed by atoms with Crippen LogP contribution in [0.5, 0.6) is 0 Å². The first-order chi connectivity index (χ1) is 8.65. The number of aliphatic carboxylic acids is 1. The van der Waals surface area contributed by atoms with Crippen LogP contribution in [0.25, 0.3) is 6.08 Å². The van der Waals surface area contributed by atoms with E-state index >= 15 is 0 Å². The van der Waals surface area contributed by atoms with E-state index in [0.29, 0.717) is 11.5 Å². The van der Waals surface area contributed by atoms with Gasteiger partial charge in [0.2, 0.25) is 5.95 Å². The molecule has 0 amide bonds. The van der Waals surface area contributed by atoms with Crippen LogP contribution in [0.4, 0.5) is 5.95 Å². The summed E-state index contributed by atoms with van der Waals surface area (Å²) >= 11 is 0.